The molecule has 0 spiro atoms. The first kappa shape index (κ1) is 27.4. The molecule has 0 aliphatic rings. The number of anilines is 2. The lowest BCUT2D eigenvalue weighted by Crippen LogP contribution is -2.16. The average Bonchev–Trinajstić information content (AvgIpc) is 3.17. The summed E-state index contributed by atoms with van der Waals surface area (Å²) >= 11 is 5.99. The van der Waals surface area contributed by atoms with E-state index in [4.69, 9.17) is 11.6 Å². The van der Waals surface area contributed by atoms with Crippen LogP contribution in [0, 0.1) is 24.0 Å². The quantitative estimate of drug-likeness (QED) is 0.135. The van der Waals surface area contributed by atoms with Gasteiger partial charge in [-0.25, -0.2) is 13.2 Å². The number of para-hydroxylation sites is 1. The Hall–Kier alpha value is -4.68. The van der Waals surface area contributed by atoms with Crippen molar-refractivity contribution < 1.29 is 23.2 Å². The van der Waals surface area contributed by atoms with Gasteiger partial charge in [0.2, 0.25) is 0 Å². The fraction of sp³-hybridized carbons (Fsp3) is 0.0769. The first-order valence-corrected chi connectivity index (χ1v) is 13.2. The zero-order valence-corrected chi connectivity index (χ0v) is 22.2. The summed E-state index contributed by atoms with van der Waals surface area (Å²) in [7, 11) is -4.34. The van der Waals surface area contributed by atoms with Gasteiger partial charge in [0.15, 0.2) is 0 Å². The molecule has 0 radical (unpaired) electrons. The third-order valence-corrected chi connectivity index (χ3v) is 7.44. The molecule has 39 heavy (non-hydrogen) atoms. The lowest BCUT2D eigenvalue weighted by Gasteiger charge is -2.11. The summed E-state index contributed by atoms with van der Waals surface area (Å²) in [6.07, 6.45) is 1.51. The molecule has 0 fully saturated rings. The average molecular weight is 568 g/mol. The Labute approximate surface area is 228 Å². The van der Waals surface area contributed by atoms with E-state index < -0.39 is 31.5 Å². The molecule has 1 heterocycles. The Bertz CT molecular complexity index is 1720. The number of hydrogen-bond donors (Lipinski definition) is 3. The number of sulfonamides is 1. The van der Waals surface area contributed by atoms with Gasteiger partial charge in [0, 0.05) is 33.7 Å². The number of nitrogens with zero attached hydrogens (tertiary/aromatic N) is 3. The highest BCUT2D eigenvalue weighted by Gasteiger charge is 2.23. The van der Waals surface area contributed by atoms with E-state index in [0.29, 0.717) is 5.02 Å². The standard InChI is InChI=1S/C26H22ClN5O6S/c1-16-13-18(17(2)31(16)20-9-7-19(27)8-10-20)15-28-29-24-12-11-21(14-25(24)32(35)36)39(37,38)30-23-6-4-3-5-22(23)26(33)34/h3-15,29-30H,1-2H3,(H,33,34)/b28-15+. The molecule has 3 aromatic carbocycles. The first-order valence-electron chi connectivity index (χ1n) is 11.4. The van der Waals surface area contributed by atoms with Gasteiger partial charge in [-0.1, -0.05) is 23.7 Å². The summed E-state index contributed by atoms with van der Waals surface area (Å²) in [5.41, 5.74) is 5.09. The summed E-state index contributed by atoms with van der Waals surface area (Å²) in [6, 6.07) is 17.9. The Kier molecular flexibility index (Phi) is 7.70. The van der Waals surface area contributed by atoms with Crippen LogP contribution in [0.2, 0.25) is 5.02 Å². The minimum absolute atomic E-state index is 0.0346. The molecule has 0 aliphatic heterocycles. The third kappa shape index (κ3) is 5.92. The maximum atomic E-state index is 12.9. The number of carbonyl (C=O) groups is 1. The molecular weight excluding hydrogens is 546 g/mol. The van der Waals surface area contributed by atoms with E-state index in [2.05, 4.69) is 15.2 Å². The van der Waals surface area contributed by atoms with Gasteiger partial charge < -0.3 is 9.67 Å². The molecule has 0 unspecified atom stereocenters. The number of rotatable bonds is 9. The second-order valence-corrected chi connectivity index (χ2v) is 10.5. The van der Waals surface area contributed by atoms with Crippen molar-refractivity contribution >= 4 is 50.9 Å². The molecule has 1 aromatic heterocycles. The van der Waals surface area contributed by atoms with Crippen LogP contribution < -0.4 is 10.1 Å². The number of nitro benzene ring substituents is 1. The molecule has 0 aliphatic carbocycles. The van der Waals surface area contributed by atoms with Crippen LogP contribution in [-0.2, 0) is 10.0 Å². The number of nitrogens with one attached hydrogen (secondary N) is 2. The SMILES string of the molecule is Cc1cc(/C=N/Nc2ccc(S(=O)(=O)Nc3ccccc3C(=O)O)cc2[N+](=O)[O-])c(C)n1-c1ccc(Cl)cc1. The summed E-state index contributed by atoms with van der Waals surface area (Å²) in [4.78, 5) is 22.0. The molecule has 0 saturated carbocycles. The predicted molar refractivity (Wildman–Crippen MR) is 149 cm³/mol. The molecule has 13 heteroatoms. The van der Waals surface area contributed by atoms with E-state index in [1.807, 2.05) is 36.6 Å². The van der Waals surface area contributed by atoms with Gasteiger partial charge in [-0.15, -0.1) is 0 Å². The number of hydrogen-bond acceptors (Lipinski definition) is 7. The fourth-order valence-electron chi connectivity index (χ4n) is 3.96. The zero-order valence-electron chi connectivity index (χ0n) is 20.6. The van der Waals surface area contributed by atoms with Crippen molar-refractivity contribution in [2.75, 3.05) is 10.1 Å². The highest BCUT2D eigenvalue weighted by molar-refractivity contribution is 7.92. The van der Waals surface area contributed by atoms with Gasteiger partial charge in [-0.05, 0) is 68.4 Å². The van der Waals surface area contributed by atoms with Crippen LogP contribution in [0.3, 0.4) is 0 Å². The second-order valence-electron chi connectivity index (χ2n) is 8.40. The molecule has 4 aromatic rings. The van der Waals surface area contributed by atoms with Crippen molar-refractivity contribution in [3.05, 3.63) is 110 Å². The lowest BCUT2D eigenvalue weighted by atomic mass is 10.2. The Balaban J connectivity index is 1.58. The summed E-state index contributed by atoms with van der Waals surface area (Å²) in [6.45, 7) is 3.83. The third-order valence-electron chi connectivity index (χ3n) is 5.82. The normalized spacial score (nSPS) is 11.5. The van der Waals surface area contributed by atoms with E-state index in [9.17, 15) is 28.4 Å². The predicted octanol–water partition coefficient (Wildman–Crippen LogP) is 5.60. The highest BCUT2D eigenvalue weighted by atomic mass is 35.5. The Morgan fingerprint density at radius 2 is 1.74 bits per heavy atom. The van der Waals surface area contributed by atoms with Crippen molar-refractivity contribution in [3.63, 3.8) is 0 Å². The number of aromatic carboxylic acids is 1. The number of aryl methyl sites for hydroxylation is 1. The van der Waals surface area contributed by atoms with Gasteiger partial charge in [-0.3, -0.25) is 20.3 Å². The molecule has 0 bridgehead atoms. The lowest BCUT2D eigenvalue weighted by molar-refractivity contribution is -0.384. The molecule has 200 valence electrons. The van der Waals surface area contributed by atoms with E-state index in [1.54, 1.807) is 12.1 Å². The number of halogens is 1. The Morgan fingerprint density at radius 3 is 2.41 bits per heavy atom. The van der Waals surface area contributed by atoms with Gasteiger partial charge in [0.25, 0.3) is 15.7 Å². The molecular formula is C26H22ClN5O6S. The topological polar surface area (TPSA) is 156 Å². The van der Waals surface area contributed by atoms with Gasteiger partial charge in [0.05, 0.1) is 27.3 Å². The summed E-state index contributed by atoms with van der Waals surface area (Å²) < 4.78 is 29.9. The maximum absolute atomic E-state index is 12.9. The molecule has 0 atom stereocenters. The largest absolute Gasteiger partial charge is 0.478 e. The molecule has 3 N–H and O–H groups in total. The van der Waals surface area contributed by atoms with Crippen LogP contribution in [0.15, 0.2) is 82.8 Å². The van der Waals surface area contributed by atoms with Crippen LogP contribution in [0.5, 0.6) is 0 Å². The van der Waals surface area contributed by atoms with E-state index in [-0.39, 0.29) is 16.9 Å². The van der Waals surface area contributed by atoms with Crippen molar-refractivity contribution in [3.8, 4) is 5.69 Å². The van der Waals surface area contributed by atoms with Crippen molar-refractivity contribution in [1.82, 2.24) is 4.57 Å². The smallest absolute Gasteiger partial charge is 0.337 e. The summed E-state index contributed by atoms with van der Waals surface area (Å²) in [5, 5.41) is 25.8. The first-order chi connectivity index (χ1) is 18.5. The van der Waals surface area contributed by atoms with E-state index in [0.717, 1.165) is 34.8 Å². The number of carboxylic acids is 1. The van der Waals surface area contributed by atoms with Crippen molar-refractivity contribution in [2.24, 2.45) is 5.10 Å². The second kappa shape index (κ2) is 11.0. The van der Waals surface area contributed by atoms with E-state index in [1.165, 1.54) is 36.5 Å². The van der Waals surface area contributed by atoms with Gasteiger partial charge in [-0.2, -0.15) is 5.10 Å². The Morgan fingerprint density at radius 1 is 1.05 bits per heavy atom. The monoisotopic (exact) mass is 567 g/mol. The number of benzene rings is 3. The number of nitro groups is 1. The minimum Gasteiger partial charge on any atom is -0.478 e. The number of hydrazone groups is 1. The van der Waals surface area contributed by atoms with Crippen LogP contribution in [-0.4, -0.2) is 35.2 Å². The van der Waals surface area contributed by atoms with Crippen molar-refractivity contribution in [1.29, 1.82) is 0 Å². The molecule has 11 nitrogen and oxygen atoms in total. The van der Waals surface area contributed by atoms with Crippen LogP contribution in [0.1, 0.15) is 27.3 Å². The minimum atomic E-state index is -4.34. The van der Waals surface area contributed by atoms with Gasteiger partial charge >= 0.3 is 5.97 Å². The summed E-state index contributed by atoms with van der Waals surface area (Å²) in [5.74, 6) is -1.33. The fourth-order valence-corrected chi connectivity index (χ4v) is 5.19. The van der Waals surface area contributed by atoms with E-state index >= 15 is 0 Å². The van der Waals surface area contributed by atoms with Crippen molar-refractivity contribution in [2.45, 2.75) is 18.7 Å². The zero-order chi connectivity index (χ0) is 28.3. The molecule has 0 amide bonds. The van der Waals surface area contributed by atoms with Crippen LogP contribution >= 0.6 is 11.6 Å². The van der Waals surface area contributed by atoms with Crippen LogP contribution in [0.25, 0.3) is 5.69 Å². The maximum Gasteiger partial charge on any atom is 0.337 e. The molecule has 4 rings (SSSR count). The number of carboxylic acid groups (broad SMARTS) is 1. The molecule has 0 saturated heterocycles. The number of aromatic nitrogens is 1. The van der Waals surface area contributed by atoms with Gasteiger partial charge in [0.1, 0.15) is 5.69 Å². The highest BCUT2D eigenvalue weighted by Crippen LogP contribution is 2.29. The van der Waals surface area contributed by atoms with Crippen LogP contribution in [0.4, 0.5) is 17.1 Å².